The molecule has 0 saturated carbocycles. The molecule has 2 rings (SSSR count). The topological polar surface area (TPSA) is 54.5 Å². The zero-order valence-corrected chi connectivity index (χ0v) is 15.7. The number of thiazole rings is 1. The van der Waals surface area contributed by atoms with Crippen molar-refractivity contribution >= 4 is 17.4 Å². The van der Waals surface area contributed by atoms with Gasteiger partial charge in [0.1, 0.15) is 10.6 Å². The average molecular weight is 340 g/mol. The Morgan fingerprint density at radius 3 is 2.65 bits per heavy atom. The van der Waals surface area contributed by atoms with Gasteiger partial charge in [-0.2, -0.15) is 0 Å². The van der Waals surface area contributed by atoms with Crippen molar-refractivity contribution in [2.45, 2.75) is 59.1 Å². The molecule has 0 spiro atoms. The van der Waals surface area contributed by atoms with Crippen LogP contribution in [0, 0.1) is 12.8 Å². The normalized spacial score (nSPS) is 18.0. The number of hydrogen-bond donors (Lipinski definition) is 1. The van der Waals surface area contributed by atoms with E-state index in [0.29, 0.717) is 5.92 Å². The van der Waals surface area contributed by atoms with E-state index in [4.69, 9.17) is 4.74 Å². The molecule has 0 aliphatic carbocycles. The van der Waals surface area contributed by atoms with Crippen LogP contribution in [-0.2, 0) is 4.74 Å². The maximum Gasteiger partial charge on any atom is 0.410 e. The summed E-state index contributed by atoms with van der Waals surface area (Å²) < 4.78 is 5.44. The molecule has 0 bridgehead atoms. The van der Waals surface area contributed by atoms with E-state index in [2.05, 4.69) is 22.6 Å². The molecule has 23 heavy (non-hydrogen) atoms. The number of aryl methyl sites for hydroxylation is 1. The van der Waals surface area contributed by atoms with Crippen molar-refractivity contribution in [3.8, 4) is 0 Å². The minimum absolute atomic E-state index is 0.185. The van der Waals surface area contributed by atoms with Crippen LogP contribution < -0.4 is 5.32 Å². The van der Waals surface area contributed by atoms with Crippen molar-refractivity contribution < 1.29 is 9.53 Å². The highest BCUT2D eigenvalue weighted by molar-refractivity contribution is 7.09. The molecule has 1 aromatic heterocycles. The largest absolute Gasteiger partial charge is 0.444 e. The minimum atomic E-state index is -0.420. The van der Waals surface area contributed by atoms with Gasteiger partial charge in [0, 0.05) is 24.2 Å². The summed E-state index contributed by atoms with van der Waals surface area (Å²) in [6, 6.07) is 0.289. The smallest absolute Gasteiger partial charge is 0.410 e. The Kier molecular flexibility index (Phi) is 6.03. The zero-order valence-electron chi connectivity index (χ0n) is 14.9. The Hall–Kier alpha value is -1.14. The summed E-state index contributed by atoms with van der Waals surface area (Å²) in [6.45, 7) is 12.4. The van der Waals surface area contributed by atoms with Gasteiger partial charge in [0.2, 0.25) is 0 Å². The third kappa shape index (κ3) is 5.77. The van der Waals surface area contributed by atoms with Gasteiger partial charge in [0.25, 0.3) is 0 Å². The first-order valence-corrected chi connectivity index (χ1v) is 9.26. The third-order valence-corrected chi connectivity index (χ3v) is 5.13. The van der Waals surface area contributed by atoms with E-state index in [1.54, 1.807) is 11.3 Å². The Balaban J connectivity index is 1.71. The molecule has 1 amide bonds. The summed E-state index contributed by atoms with van der Waals surface area (Å²) in [4.78, 5) is 18.4. The van der Waals surface area contributed by atoms with Crippen LogP contribution in [0.15, 0.2) is 5.38 Å². The quantitative estimate of drug-likeness (QED) is 0.908. The fourth-order valence-corrected chi connectivity index (χ4v) is 3.48. The average Bonchev–Trinajstić information content (AvgIpc) is 2.90. The highest BCUT2D eigenvalue weighted by Crippen LogP contribution is 2.21. The van der Waals surface area contributed by atoms with Crippen LogP contribution in [0.1, 0.15) is 57.3 Å². The monoisotopic (exact) mass is 339 g/mol. The van der Waals surface area contributed by atoms with Gasteiger partial charge < -0.3 is 15.0 Å². The number of ether oxygens (including phenoxy) is 1. The van der Waals surface area contributed by atoms with Crippen molar-refractivity contribution in [1.82, 2.24) is 15.2 Å². The first-order chi connectivity index (χ1) is 10.7. The standard InChI is InChI=1S/C17H29N3O2S/c1-12-11-23-15(19-12)13(2)18-10-14-6-8-20(9-7-14)16(21)22-17(3,4)5/h11,13-14,18H,6-10H2,1-5H3. The second-order valence-electron chi connectivity index (χ2n) is 7.37. The number of carbonyl (C=O) groups is 1. The second-order valence-corrected chi connectivity index (χ2v) is 8.26. The molecule has 1 atom stereocenters. The lowest BCUT2D eigenvalue weighted by molar-refractivity contribution is 0.0183. The lowest BCUT2D eigenvalue weighted by atomic mass is 9.97. The molecule has 1 N–H and O–H groups in total. The Bertz CT molecular complexity index is 516. The van der Waals surface area contributed by atoms with Crippen molar-refractivity contribution in [1.29, 1.82) is 0 Å². The van der Waals surface area contributed by atoms with Crippen molar-refractivity contribution in [3.63, 3.8) is 0 Å². The number of nitrogens with zero attached hydrogens (tertiary/aromatic N) is 2. The minimum Gasteiger partial charge on any atom is -0.444 e. The fourth-order valence-electron chi connectivity index (χ4n) is 2.65. The van der Waals surface area contributed by atoms with Crippen LogP contribution in [0.3, 0.4) is 0 Å². The molecule has 1 fully saturated rings. The van der Waals surface area contributed by atoms with Crippen molar-refractivity contribution in [2.24, 2.45) is 5.92 Å². The van der Waals surface area contributed by atoms with E-state index in [1.165, 1.54) is 0 Å². The van der Waals surface area contributed by atoms with Crippen molar-refractivity contribution in [3.05, 3.63) is 16.1 Å². The third-order valence-electron chi connectivity index (χ3n) is 3.99. The van der Waals surface area contributed by atoms with E-state index in [1.807, 2.05) is 32.6 Å². The predicted octanol–water partition coefficient (Wildman–Crippen LogP) is 3.75. The van der Waals surface area contributed by atoms with Crippen LogP contribution in [0.25, 0.3) is 0 Å². The highest BCUT2D eigenvalue weighted by Gasteiger charge is 2.27. The number of piperidine rings is 1. The Morgan fingerprint density at radius 2 is 2.13 bits per heavy atom. The molecule has 0 radical (unpaired) electrons. The zero-order chi connectivity index (χ0) is 17.0. The maximum absolute atomic E-state index is 12.1. The number of hydrogen-bond acceptors (Lipinski definition) is 5. The molecule has 1 aliphatic rings. The predicted molar refractivity (Wildman–Crippen MR) is 93.8 cm³/mol. The first-order valence-electron chi connectivity index (χ1n) is 8.38. The molecule has 6 heteroatoms. The summed E-state index contributed by atoms with van der Waals surface area (Å²) in [5.74, 6) is 0.609. The van der Waals surface area contributed by atoms with Gasteiger partial charge in [-0.05, 0) is 59.9 Å². The molecular weight excluding hydrogens is 310 g/mol. The van der Waals surface area contributed by atoms with E-state index in [9.17, 15) is 4.79 Å². The molecular formula is C17H29N3O2S. The van der Waals surface area contributed by atoms with Gasteiger partial charge in [0.05, 0.1) is 6.04 Å². The van der Waals surface area contributed by atoms with Crippen LogP contribution >= 0.6 is 11.3 Å². The molecule has 0 aromatic carbocycles. The maximum atomic E-state index is 12.1. The van der Waals surface area contributed by atoms with Crippen LogP contribution in [0.4, 0.5) is 4.79 Å². The van der Waals surface area contributed by atoms with Crippen LogP contribution in [-0.4, -0.2) is 41.2 Å². The summed E-state index contributed by atoms with van der Waals surface area (Å²) in [5.41, 5.74) is 0.667. The number of aromatic nitrogens is 1. The molecule has 1 aliphatic heterocycles. The van der Waals surface area contributed by atoms with Crippen LogP contribution in [0.5, 0.6) is 0 Å². The molecule has 2 heterocycles. The number of rotatable bonds is 4. The van der Waals surface area contributed by atoms with E-state index < -0.39 is 5.60 Å². The summed E-state index contributed by atoms with van der Waals surface area (Å²) in [7, 11) is 0. The van der Waals surface area contributed by atoms with Gasteiger partial charge in [-0.15, -0.1) is 11.3 Å². The number of carbonyl (C=O) groups excluding carboxylic acids is 1. The van der Waals surface area contributed by atoms with Gasteiger partial charge >= 0.3 is 6.09 Å². The summed E-state index contributed by atoms with van der Waals surface area (Å²) in [5, 5.41) is 6.81. The van der Waals surface area contributed by atoms with Gasteiger partial charge in [0.15, 0.2) is 0 Å². The number of amides is 1. The second kappa shape index (κ2) is 7.62. The highest BCUT2D eigenvalue weighted by atomic mass is 32.1. The lowest BCUT2D eigenvalue weighted by Crippen LogP contribution is -2.43. The number of nitrogens with one attached hydrogen (secondary N) is 1. The SMILES string of the molecule is Cc1csc(C(C)NCC2CCN(C(=O)OC(C)(C)C)CC2)n1. The molecule has 130 valence electrons. The van der Waals surface area contributed by atoms with E-state index >= 15 is 0 Å². The fraction of sp³-hybridized carbons (Fsp3) is 0.765. The lowest BCUT2D eigenvalue weighted by Gasteiger charge is -2.33. The first kappa shape index (κ1) is 18.2. The number of likely N-dealkylation sites (tertiary alicyclic amines) is 1. The summed E-state index contributed by atoms with van der Waals surface area (Å²) >= 11 is 1.71. The Labute approximate surface area is 143 Å². The van der Waals surface area contributed by atoms with E-state index in [-0.39, 0.29) is 12.1 Å². The molecule has 1 unspecified atom stereocenters. The molecule has 1 saturated heterocycles. The van der Waals surface area contributed by atoms with Gasteiger partial charge in [-0.3, -0.25) is 0 Å². The molecule has 5 nitrogen and oxygen atoms in total. The Morgan fingerprint density at radius 1 is 1.48 bits per heavy atom. The van der Waals surface area contributed by atoms with Crippen molar-refractivity contribution in [2.75, 3.05) is 19.6 Å². The summed E-state index contributed by atoms with van der Waals surface area (Å²) in [6.07, 6.45) is 1.86. The van der Waals surface area contributed by atoms with E-state index in [0.717, 1.165) is 43.2 Å². The van der Waals surface area contributed by atoms with Crippen LogP contribution in [0.2, 0.25) is 0 Å². The van der Waals surface area contributed by atoms with Gasteiger partial charge in [-0.25, -0.2) is 9.78 Å². The molecule has 1 aromatic rings. The van der Waals surface area contributed by atoms with Gasteiger partial charge in [-0.1, -0.05) is 0 Å².